The standard InChI is InChI=1S/C22H26F3N7O2/c1-13-10-26-18(29-13)12-27-19-15(22(23,24)25)11-28-21(31-19)30-16-6-5-14(9-17(16)34-2)20(33)32-7-3-4-8-32/h5-6,9,11,13H,3-4,7-8,10,12H2,1-2H3,(H,26,29)(H2,27,28,30,31). The number of alkyl halides is 3. The van der Waals surface area contributed by atoms with Crippen molar-refractivity contribution in [2.45, 2.75) is 32.0 Å². The SMILES string of the molecule is COc1cc(C(=O)N2CCCC2)ccc1Nc1ncc(C(F)(F)F)c(NCC2=NCC(C)N2)n1. The molecule has 4 rings (SSSR count). The van der Waals surface area contributed by atoms with Crippen molar-refractivity contribution < 1.29 is 22.7 Å². The molecule has 0 spiro atoms. The molecule has 2 aliphatic heterocycles. The maximum absolute atomic E-state index is 13.5. The molecule has 1 atom stereocenters. The Balaban J connectivity index is 1.55. The summed E-state index contributed by atoms with van der Waals surface area (Å²) in [6, 6.07) is 4.99. The van der Waals surface area contributed by atoms with E-state index in [0.29, 0.717) is 29.4 Å². The summed E-state index contributed by atoms with van der Waals surface area (Å²) in [5.41, 5.74) is -0.0934. The topological polar surface area (TPSA) is 104 Å². The third-order valence-electron chi connectivity index (χ3n) is 5.57. The Hall–Kier alpha value is -3.57. The Morgan fingerprint density at radius 3 is 2.71 bits per heavy atom. The molecule has 0 radical (unpaired) electrons. The first-order chi connectivity index (χ1) is 16.2. The number of anilines is 3. The number of hydrogen-bond acceptors (Lipinski definition) is 8. The van der Waals surface area contributed by atoms with E-state index in [2.05, 4.69) is 30.9 Å². The van der Waals surface area contributed by atoms with Gasteiger partial charge in [0, 0.05) is 30.9 Å². The Labute approximate surface area is 194 Å². The second-order valence-electron chi connectivity index (χ2n) is 8.18. The van der Waals surface area contributed by atoms with Crippen LogP contribution in [0.4, 0.5) is 30.6 Å². The van der Waals surface area contributed by atoms with E-state index in [9.17, 15) is 18.0 Å². The lowest BCUT2D eigenvalue weighted by Gasteiger charge is -2.18. The zero-order valence-electron chi connectivity index (χ0n) is 18.9. The zero-order chi connectivity index (χ0) is 24.3. The molecule has 0 saturated carbocycles. The van der Waals surface area contributed by atoms with Gasteiger partial charge in [0.1, 0.15) is 23.0 Å². The molecule has 182 valence electrons. The summed E-state index contributed by atoms with van der Waals surface area (Å²) in [5.74, 6) is 0.406. The highest BCUT2D eigenvalue weighted by Gasteiger charge is 2.35. The minimum absolute atomic E-state index is 0.0536. The highest BCUT2D eigenvalue weighted by atomic mass is 19.4. The van der Waals surface area contributed by atoms with Crippen LogP contribution in [0.5, 0.6) is 5.75 Å². The van der Waals surface area contributed by atoms with Crippen LogP contribution in [0.2, 0.25) is 0 Å². The van der Waals surface area contributed by atoms with Gasteiger partial charge in [0.15, 0.2) is 0 Å². The number of likely N-dealkylation sites (tertiary alicyclic amines) is 1. The van der Waals surface area contributed by atoms with E-state index in [1.54, 1.807) is 23.1 Å². The smallest absolute Gasteiger partial charge is 0.421 e. The number of methoxy groups -OCH3 is 1. The lowest BCUT2D eigenvalue weighted by atomic mass is 10.1. The van der Waals surface area contributed by atoms with Crippen molar-refractivity contribution >= 4 is 29.2 Å². The van der Waals surface area contributed by atoms with E-state index >= 15 is 0 Å². The van der Waals surface area contributed by atoms with Gasteiger partial charge in [-0.05, 0) is 38.0 Å². The number of nitrogens with one attached hydrogen (secondary N) is 3. The minimum atomic E-state index is -4.63. The van der Waals surface area contributed by atoms with E-state index in [-0.39, 0.29) is 30.3 Å². The van der Waals surface area contributed by atoms with Crippen molar-refractivity contribution in [1.82, 2.24) is 20.2 Å². The molecule has 0 bridgehead atoms. The van der Waals surface area contributed by atoms with E-state index in [1.165, 1.54) is 7.11 Å². The van der Waals surface area contributed by atoms with Crippen molar-refractivity contribution in [3.8, 4) is 5.75 Å². The molecule has 9 nitrogen and oxygen atoms in total. The number of nitrogens with zero attached hydrogens (tertiary/aromatic N) is 4. The fourth-order valence-corrected chi connectivity index (χ4v) is 3.83. The molecule has 2 aliphatic rings. The molecule has 1 saturated heterocycles. The molecule has 1 amide bonds. The number of carbonyl (C=O) groups excluding carboxylic acids is 1. The summed E-state index contributed by atoms with van der Waals surface area (Å²) >= 11 is 0. The number of hydrogen-bond donors (Lipinski definition) is 3. The number of benzene rings is 1. The Morgan fingerprint density at radius 2 is 2.06 bits per heavy atom. The Kier molecular flexibility index (Phi) is 6.75. The van der Waals surface area contributed by atoms with Crippen LogP contribution >= 0.6 is 0 Å². The van der Waals surface area contributed by atoms with Crippen LogP contribution in [0.15, 0.2) is 29.4 Å². The third-order valence-corrected chi connectivity index (χ3v) is 5.57. The first kappa shape index (κ1) is 23.6. The number of aliphatic imine (C=N–C) groups is 1. The first-order valence-corrected chi connectivity index (χ1v) is 11.0. The van der Waals surface area contributed by atoms with Crippen LogP contribution in [0.3, 0.4) is 0 Å². The number of amidine groups is 1. The van der Waals surface area contributed by atoms with Crippen LogP contribution in [-0.4, -0.2) is 65.9 Å². The van der Waals surface area contributed by atoms with Gasteiger partial charge in [0.25, 0.3) is 5.91 Å². The van der Waals surface area contributed by atoms with Gasteiger partial charge in [-0.15, -0.1) is 0 Å². The molecule has 3 heterocycles. The molecular weight excluding hydrogens is 451 g/mol. The molecule has 1 unspecified atom stereocenters. The van der Waals surface area contributed by atoms with Crippen LogP contribution in [-0.2, 0) is 6.18 Å². The lowest BCUT2D eigenvalue weighted by Crippen LogP contribution is -2.32. The average molecular weight is 477 g/mol. The fraction of sp³-hybridized carbons (Fsp3) is 0.455. The van der Waals surface area contributed by atoms with Gasteiger partial charge in [-0.2, -0.15) is 18.2 Å². The molecule has 0 aliphatic carbocycles. The summed E-state index contributed by atoms with van der Waals surface area (Å²) in [6.07, 6.45) is -1.95. The van der Waals surface area contributed by atoms with Crippen molar-refractivity contribution in [1.29, 1.82) is 0 Å². The van der Waals surface area contributed by atoms with Crippen LogP contribution in [0, 0.1) is 0 Å². The second-order valence-corrected chi connectivity index (χ2v) is 8.18. The average Bonchev–Trinajstić information content (AvgIpc) is 3.49. The minimum Gasteiger partial charge on any atom is -0.495 e. The molecular formula is C22H26F3N7O2. The third kappa shape index (κ3) is 5.32. The molecule has 3 N–H and O–H groups in total. The predicted octanol–water partition coefficient (Wildman–Crippen LogP) is 3.29. The summed E-state index contributed by atoms with van der Waals surface area (Å²) in [4.78, 5) is 26.6. The number of carbonyl (C=O) groups is 1. The van der Waals surface area contributed by atoms with E-state index < -0.39 is 11.7 Å². The fourth-order valence-electron chi connectivity index (χ4n) is 3.83. The number of ether oxygens (including phenoxy) is 1. The summed E-state index contributed by atoms with van der Waals surface area (Å²) < 4.78 is 45.9. The van der Waals surface area contributed by atoms with Gasteiger partial charge < -0.3 is 25.6 Å². The van der Waals surface area contributed by atoms with Gasteiger partial charge in [0.2, 0.25) is 5.95 Å². The van der Waals surface area contributed by atoms with Crippen LogP contribution < -0.4 is 20.7 Å². The largest absolute Gasteiger partial charge is 0.495 e. The highest BCUT2D eigenvalue weighted by molar-refractivity contribution is 5.95. The maximum Gasteiger partial charge on any atom is 0.421 e. The van der Waals surface area contributed by atoms with Gasteiger partial charge >= 0.3 is 6.18 Å². The van der Waals surface area contributed by atoms with Gasteiger partial charge in [-0.25, -0.2) is 4.98 Å². The lowest BCUT2D eigenvalue weighted by molar-refractivity contribution is -0.137. The van der Waals surface area contributed by atoms with E-state index in [4.69, 9.17) is 4.74 Å². The summed E-state index contributed by atoms with van der Waals surface area (Å²) in [6.45, 7) is 4.01. The summed E-state index contributed by atoms with van der Waals surface area (Å²) in [5, 5.41) is 8.68. The number of aromatic nitrogens is 2. The molecule has 12 heteroatoms. The Morgan fingerprint density at radius 1 is 1.29 bits per heavy atom. The van der Waals surface area contributed by atoms with Crippen molar-refractivity contribution in [2.24, 2.45) is 4.99 Å². The van der Waals surface area contributed by atoms with Crippen molar-refractivity contribution in [3.63, 3.8) is 0 Å². The number of halogens is 3. The normalized spacial score (nSPS) is 17.9. The molecule has 1 aromatic carbocycles. The molecule has 2 aromatic rings. The maximum atomic E-state index is 13.5. The Bertz CT molecular complexity index is 1080. The zero-order valence-corrected chi connectivity index (χ0v) is 18.9. The van der Waals surface area contributed by atoms with Crippen LogP contribution in [0.1, 0.15) is 35.7 Å². The van der Waals surface area contributed by atoms with Gasteiger partial charge in [-0.1, -0.05) is 0 Å². The highest BCUT2D eigenvalue weighted by Crippen LogP contribution is 2.35. The van der Waals surface area contributed by atoms with E-state index in [1.807, 2.05) is 6.92 Å². The summed E-state index contributed by atoms with van der Waals surface area (Å²) in [7, 11) is 1.45. The van der Waals surface area contributed by atoms with E-state index in [0.717, 1.165) is 32.1 Å². The molecule has 1 aromatic heterocycles. The molecule has 1 fully saturated rings. The number of rotatable bonds is 7. The first-order valence-electron chi connectivity index (χ1n) is 11.0. The monoisotopic (exact) mass is 477 g/mol. The second kappa shape index (κ2) is 9.74. The van der Waals surface area contributed by atoms with Crippen LogP contribution in [0.25, 0.3) is 0 Å². The molecule has 34 heavy (non-hydrogen) atoms. The quantitative estimate of drug-likeness (QED) is 0.562. The predicted molar refractivity (Wildman–Crippen MR) is 122 cm³/mol. The van der Waals surface area contributed by atoms with Gasteiger partial charge in [-0.3, -0.25) is 9.79 Å². The van der Waals surface area contributed by atoms with Crippen molar-refractivity contribution in [3.05, 3.63) is 35.5 Å². The number of amides is 1. The van der Waals surface area contributed by atoms with Crippen molar-refractivity contribution in [2.75, 3.05) is 43.9 Å². The van der Waals surface area contributed by atoms with Gasteiger partial charge in [0.05, 0.1) is 25.9 Å².